The first kappa shape index (κ1) is 12.8. The monoisotopic (exact) mass is 244 g/mol. The largest absolute Gasteiger partial charge is 0.293 e. The molecule has 0 aliphatic heterocycles. The summed E-state index contributed by atoms with van der Waals surface area (Å²) < 4.78 is 36.2. The molecule has 0 radical (unpaired) electrons. The van der Waals surface area contributed by atoms with Gasteiger partial charge >= 0.3 is 0 Å². The maximum absolute atomic E-state index is 13.3. The van der Waals surface area contributed by atoms with Crippen LogP contribution in [0.5, 0.6) is 0 Å². The van der Waals surface area contributed by atoms with Gasteiger partial charge in [0.2, 0.25) is 0 Å². The molecule has 0 aliphatic rings. The Hall–Kier alpha value is -1.23. The third kappa shape index (κ3) is 2.47. The molecule has 1 aromatic carbocycles. The molecule has 1 rings (SSSR count). The van der Waals surface area contributed by atoms with Crippen molar-refractivity contribution in [3.8, 4) is 0 Å². The van der Waals surface area contributed by atoms with E-state index in [4.69, 9.17) is 0 Å². The second kappa shape index (κ2) is 4.74. The first-order chi connectivity index (χ1) is 7.40. The topological polar surface area (TPSA) is 51.2 Å². The molecule has 0 saturated carbocycles. The zero-order chi connectivity index (χ0) is 12.3. The molecule has 16 heavy (non-hydrogen) atoms. The Labute approximate surface area is 94.2 Å². The van der Waals surface area contributed by atoms with Crippen molar-refractivity contribution in [3.05, 3.63) is 35.6 Å². The standard InChI is InChI=1S/C11H13FO3S/c1-3-16(14,15)8(2)11(13)9-6-4-5-7-10(9)12/h4-8H,3H2,1-2H3. The summed E-state index contributed by atoms with van der Waals surface area (Å²) >= 11 is 0. The van der Waals surface area contributed by atoms with Crippen LogP contribution in [0.15, 0.2) is 24.3 Å². The van der Waals surface area contributed by atoms with Gasteiger partial charge in [-0.3, -0.25) is 4.79 Å². The van der Waals surface area contributed by atoms with Crippen LogP contribution < -0.4 is 0 Å². The number of carbonyl (C=O) groups excluding carboxylic acids is 1. The zero-order valence-corrected chi connectivity index (χ0v) is 9.92. The van der Waals surface area contributed by atoms with E-state index in [0.29, 0.717) is 0 Å². The van der Waals surface area contributed by atoms with Crippen LogP contribution in [0.1, 0.15) is 24.2 Å². The average molecular weight is 244 g/mol. The lowest BCUT2D eigenvalue weighted by Crippen LogP contribution is -2.29. The van der Waals surface area contributed by atoms with Gasteiger partial charge in [0, 0.05) is 5.75 Å². The van der Waals surface area contributed by atoms with Crippen LogP contribution in [0, 0.1) is 5.82 Å². The molecule has 0 aromatic heterocycles. The minimum atomic E-state index is -3.48. The van der Waals surface area contributed by atoms with Crippen LogP contribution >= 0.6 is 0 Å². The Morgan fingerprint density at radius 1 is 1.38 bits per heavy atom. The van der Waals surface area contributed by atoms with Gasteiger partial charge in [0.15, 0.2) is 15.6 Å². The van der Waals surface area contributed by atoms with E-state index in [1.165, 1.54) is 32.0 Å². The van der Waals surface area contributed by atoms with Gasteiger partial charge in [0.05, 0.1) is 5.56 Å². The zero-order valence-electron chi connectivity index (χ0n) is 9.10. The van der Waals surface area contributed by atoms with Gasteiger partial charge in [-0.2, -0.15) is 0 Å². The highest BCUT2D eigenvalue weighted by Gasteiger charge is 2.28. The summed E-state index contributed by atoms with van der Waals surface area (Å²) in [7, 11) is -3.48. The minimum Gasteiger partial charge on any atom is -0.293 e. The Bertz CT molecular complexity index is 494. The minimum absolute atomic E-state index is 0.131. The maximum atomic E-state index is 13.3. The van der Waals surface area contributed by atoms with E-state index >= 15 is 0 Å². The molecule has 0 spiro atoms. The number of Topliss-reactive ketones (excluding diaryl/α,β-unsaturated/α-hetero) is 1. The molecule has 1 unspecified atom stereocenters. The van der Waals surface area contributed by atoms with Crippen molar-refractivity contribution in [1.29, 1.82) is 0 Å². The van der Waals surface area contributed by atoms with Gasteiger partial charge in [-0.1, -0.05) is 19.1 Å². The molecule has 88 valence electrons. The summed E-state index contributed by atoms with van der Waals surface area (Å²) in [6.07, 6.45) is 0. The van der Waals surface area contributed by atoms with Crippen LogP contribution in [0.3, 0.4) is 0 Å². The van der Waals surface area contributed by atoms with Crippen LogP contribution in [0.4, 0.5) is 4.39 Å². The third-order valence-electron chi connectivity index (χ3n) is 2.45. The smallest absolute Gasteiger partial charge is 0.183 e. The van der Waals surface area contributed by atoms with E-state index in [-0.39, 0.29) is 11.3 Å². The normalized spacial score (nSPS) is 13.4. The average Bonchev–Trinajstić information content (AvgIpc) is 2.27. The second-order valence-electron chi connectivity index (χ2n) is 3.44. The molecule has 1 atom stereocenters. The highest BCUT2D eigenvalue weighted by molar-refractivity contribution is 7.92. The van der Waals surface area contributed by atoms with Crippen LogP contribution in [-0.4, -0.2) is 25.2 Å². The third-order valence-corrected chi connectivity index (χ3v) is 4.55. The summed E-state index contributed by atoms with van der Waals surface area (Å²) in [4.78, 5) is 11.8. The van der Waals surface area contributed by atoms with E-state index in [2.05, 4.69) is 0 Å². The van der Waals surface area contributed by atoms with Crippen molar-refractivity contribution in [2.45, 2.75) is 19.1 Å². The summed E-state index contributed by atoms with van der Waals surface area (Å²) in [6.45, 7) is 2.74. The molecule has 0 N–H and O–H groups in total. The summed E-state index contributed by atoms with van der Waals surface area (Å²) in [5.41, 5.74) is -0.174. The molecule has 5 heteroatoms. The molecule has 0 heterocycles. The predicted octanol–water partition coefficient (Wildman–Crippen LogP) is 1.83. The molecule has 0 aliphatic carbocycles. The van der Waals surface area contributed by atoms with Crippen LogP contribution in [-0.2, 0) is 9.84 Å². The first-order valence-electron chi connectivity index (χ1n) is 4.90. The van der Waals surface area contributed by atoms with Crippen molar-refractivity contribution < 1.29 is 17.6 Å². The van der Waals surface area contributed by atoms with E-state index in [0.717, 1.165) is 6.07 Å². The quantitative estimate of drug-likeness (QED) is 0.759. The number of hydrogen-bond donors (Lipinski definition) is 0. The Morgan fingerprint density at radius 3 is 2.44 bits per heavy atom. The molecule has 1 aromatic rings. The Kier molecular flexibility index (Phi) is 3.80. The van der Waals surface area contributed by atoms with Crippen molar-refractivity contribution in [2.24, 2.45) is 0 Å². The SMILES string of the molecule is CCS(=O)(=O)C(C)C(=O)c1ccccc1F. The van der Waals surface area contributed by atoms with E-state index in [9.17, 15) is 17.6 Å². The Morgan fingerprint density at radius 2 is 1.94 bits per heavy atom. The van der Waals surface area contributed by atoms with Gasteiger partial charge in [-0.25, -0.2) is 12.8 Å². The van der Waals surface area contributed by atoms with Gasteiger partial charge in [-0.15, -0.1) is 0 Å². The summed E-state index contributed by atoms with van der Waals surface area (Å²) in [5, 5.41) is -1.20. The maximum Gasteiger partial charge on any atom is 0.183 e. The number of sulfone groups is 1. The summed E-state index contributed by atoms with van der Waals surface area (Å²) in [6, 6.07) is 5.38. The number of carbonyl (C=O) groups is 1. The molecular formula is C11H13FO3S. The lowest BCUT2D eigenvalue weighted by Gasteiger charge is -2.10. The molecule has 0 amide bonds. The van der Waals surface area contributed by atoms with Crippen LogP contribution in [0.25, 0.3) is 0 Å². The van der Waals surface area contributed by atoms with Crippen molar-refractivity contribution >= 4 is 15.6 Å². The number of ketones is 1. The fourth-order valence-electron chi connectivity index (χ4n) is 1.29. The van der Waals surface area contributed by atoms with Crippen molar-refractivity contribution in [1.82, 2.24) is 0 Å². The molecule has 0 saturated heterocycles. The number of hydrogen-bond acceptors (Lipinski definition) is 3. The van der Waals surface area contributed by atoms with Gasteiger partial charge < -0.3 is 0 Å². The molecular weight excluding hydrogens is 231 g/mol. The fourth-order valence-corrected chi connectivity index (χ4v) is 2.25. The number of rotatable bonds is 4. The van der Waals surface area contributed by atoms with E-state index in [1.807, 2.05) is 0 Å². The highest BCUT2D eigenvalue weighted by Crippen LogP contribution is 2.14. The predicted molar refractivity (Wildman–Crippen MR) is 59.7 cm³/mol. The first-order valence-corrected chi connectivity index (χ1v) is 6.62. The van der Waals surface area contributed by atoms with E-state index < -0.39 is 26.7 Å². The number of benzene rings is 1. The van der Waals surface area contributed by atoms with Gasteiger partial charge in [0.1, 0.15) is 11.1 Å². The molecule has 3 nitrogen and oxygen atoms in total. The number of halogens is 1. The van der Waals surface area contributed by atoms with Gasteiger partial charge in [-0.05, 0) is 19.1 Å². The van der Waals surface area contributed by atoms with Crippen molar-refractivity contribution in [2.75, 3.05) is 5.75 Å². The van der Waals surface area contributed by atoms with Crippen LogP contribution in [0.2, 0.25) is 0 Å². The van der Waals surface area contributed by atoms with Crippen molar-refractivity contribution in [3.63, 3.8) is 0 Å². The second-order valence-corrected chi connectivity index (χ2v) is 6.05. The van der Waals surface area contributed by atoms with E-state index in [1.54, 1.807) is 0 Å². The van der Waals surface area contributed by atoms with Gasteiger partial charge in [0.25, 0.3) is 0 Å². The lowest BCUT2D eigenvalue weighted by atomic mass is 10.1. The highest BCUT2D eigenvalue weighted by atomic mass is 32.2. The molecule has 0 bridgehead atoms. The fraction of sp³-hybridized carbons (Fsp3) is 0.364. The molecule has 0 fully saturated rings. The lowest BCUT2D eigenvalue weighted by molar-refractivity contribution is 0.0987. The summed E-state index contributed by atoms with van der Waals surface area (Å²) in [5.74, 6) is -1.51. The Balaban J connectivity index is 3.10.